The van der Waals surface area contributed by atoms with Crippen LogP contribution in [-0.4, -0.2) is 46.9 Å². The summed E-state index contributed by atoms with van der Waals surface area (Å²) in [5.74, 6) is -0.350. The average molecular weight is 529 g/mol. The summed E-state index contributed by atoms with van der Waals surface area (Å²) in [6.45, 7) is 1.72. The van der Waals surface area contributed by atoms with Gasteiger partial charge >= 0.3 is 5.97 Å². The minimum Gasteiger partial charge on any atom is -0.489 e. The number of benzene rings is 3. The fourth-order valence-electron chi connectivity index (χ4n) is 4.85. The SMILES string of the molecule is O=C(CC1CCN(C(=O)CCc2ccccc2)CC1)NC(Cc1ccc(OCc2ccccc2)cc1)C(=O)O. The van der Waals surface area contributed by atoms with Gasteiger partial charge in [0.25, 0.3) is 0 Å². The van der Waals surface area contributed by atoms with Crippen LogP contribution in [0.25, 0.3) is 0 Å². The molecule has 0 saturated carbocycles. The van der Waals surface area contributed by atoms with Gasteiger partial charge in [-0.1, -0.05) is 72.8 Å². The first-order chi connectivity index (χ1) is 19.0. The molecule has 1 aliphatic heterocycles. The Bertz CT molecular complexity index is 1210. The third-order valence-electron chi connectivity index (χ3n) is 7.16. The molecule has 0 spiro atoms. The van der Waals surface area contributed by atoms with E-state index in [1.165, 1.54) is 0 Å². The number of likely N-dealkylation sites (tertiary alicyclic amines) is 1. The number of hydrogen-bond donors (Lipinski definition) is 2. The molecule has 3 aromatic rings. The summed E-state index contributed by atoms with van der Waals surface area (Å²) in [6.07, 6.45) is 3.15. The van der Waals surface area contributed by atoms with E-state index < -0.39 is 12.0 Å². The highest BCUT2D eigenvalue weighted by atomic mass is 16.5. The van der Waals surface area contributed by atoms with E-state index in [1.807, 2.05) is 89.8 Å². The molecule has 0 bridgehead atoms. The van der Waals surface area contributed by atoms with E-state index in [2.05, 4.69) is 5.32 Å². The van der Waals surface area contributed by atoms with Gasteiger partial charge in [0.2, 0.25) is 11.8 Å². The summed E-state index contributed by atoms with van der Waals surface area (Å²) in [5, 5.41) is 12.4. The number of nitrogens with one attached hydrogen (secondary N) is 1. The van der Waals surface area contributed by atoms with Crippen LogP contribution in [0.3, 0.4) is 0 Å². The molecule has 1 saturated heterocycles. The number of aryl methyl sites for hydroxylation is 1. The molecule has 7 heteroatoms. The Morgan fingerprint density at radius 1 is 0.846 bits per heavy atom. The molecule has 1 unspecified atom stereocenters. The molecule has 1 fully saturated rings. The summed E-state index contributed by atoms with van der Waals surface area (Å²) < 4.78 is 5.79. The number of carboxylic acid groups (broad SMARTS) is 1. The number of carbonyl (C=O) groups is 3. The quantitative estimate of drug-likeness (QED) is 0.357. The summed E-state index contributed by atoms with van der Waals surface area (Å²) >= 11 is 0. The second-order valence-corrected chi connectivity index (χ2v) is 10.1. The zero-order valence-electron chi connectivity index (χ0n) is 22.1. The molecule has 2 amide bonds. The lowest BCUT2D eigenvalue weighted by Gasteiger charge is -2.32. The van der Waals surface area contributed by atoms with Crippen molar-refractivity contribution in [2.75, 3.05) is 13.1 Å². The van der Waals surface area contributed by atoms with Gasteiger partial charge in [0, 0.05) is 32.4 Å². The second kappa shape index (κ2) is 14.1. The Morgan fingerprint density at radius 2 is 1.46 bits per heavy atom. The minimum absolute atomic E-state index is 0.138. The second-order valence-electron chi connectivity index (χ2n) is 10.1. The van der Waals surface area contributed by atoms with Gasteiger partial charge in [0.05, 0.1) is 0 Å². The van der Waals surface area contributed by atoms with E-state index in [0.717, 1.165) is 36.0 Å². The molecule has 0 aliphatic carbocycles. The molecule has 4 rings (SSSR count). The predicted molar refractivity (Wildman–Crippen MR) is 149 cm³/mol. The van der Waals surface area contributed by atoms with Crippen molar-refractivity contribution in [2.24, 2.45) is 5.92 Å². The first-order valence-electron chi connectivity index (χ1n) is 13.6. The van der Waals surface area contributed by atoms with Crippen LogP contribution < -0.4 is 10.1 Å². The summed E-state index contributed by atoms with van der Waals surface area (Å²) in [4.78, 5) is 39.0. The number of piperidine rings is 1. The van der Waals surface area contributed by atoms with E-state index in [1.54, 1.807) is 0 Å². The van der Waals surface area contributed by atoms with Crippen LogP contribution in [0.1, 0.15) is 42.4 Å². The van der Waals surface area contributed by atoms with Crippen molar-refractivity contribution in [3.8, 4) is 5.75 Å². The van der Waals surface area contributed by atoms with Crippen LogP contribution >= 0.6 is 0 Å². The fourth-order valence-corrected chi connectivity index (χ4v) is 4.85. The number of carbonyl (C=O) groups excluding carboxylic acids is 2. The molecule has 1 atom stereocenters. The molecule has 3 aromatic carbocycles. The van der Waals surface area contributed by atoms with Crippen LogP contribution in [0.2, 0.25) is 0 Å². The van der Waals surface area contributed by atoms with E-state index in [0.29, 0.717) is 31.9 Å². The molecule has 0 aromatic heterocycles. The molecular formula is C32H36N2O5. The standard InChI is InChI=1S/C32H36N2O5/c35-30(22-26-17-19-34(20-18-26)31(36)16-13-24-7-3-1-4-8-24)33-29(32(37)38)21-25-11-14-28(15-12-25)39-23-27-9-5-2-6-10-27/h1-12,14-15,26,29H,13,16-23H2,(H,33,35)(H,37,38). The van der Waals surface area contributed by atoms with Gasteiger partial charge in [-0.2, -0.15) is 0 Å². The zero-order chi connectivity index (χ0) is 27.5. The number of aliphatic carboxylic acids is 1. The summed E-state index contributed by atoms with van der Waals surface area (Å²) in [5.41, 5.74) is 3.02. The fraction of sp³-hybridized carbons (Fsp3) is 0.344. The zero-order valence-corrected chi connectivity index (χ0v) is 22.1. The van der Waals surface area contributed by atoms with Crippen molar-refractivity contribution < 1.29 is 24.2 Å². The third-order valence-corrected chi connectivity index (χ3v) is 7.16. The number of ether oxygens (including phenoxy) is 1. The molecule has 39 heavy (non-hydrogen) atoms. The number of amides is 2. The summed E-state index contributed by atoms with van der Waals surface area (Å²) in [6, 6.07) is 26.1. The van der Waals surface area contributed by atoms with E-state index in [4.69, 9.17) is 4.74 Å². The average Bonchev–Trinajstić information content (AvgIpc) is 2.96. The van der Waals surface area contributed by atoms with E-state index in [9.17, 15) is 19.5 Å². The van der Waals surface area contributed by atoms with Crippen LogP contribution in [0.15, 0.2) is 84.9 Å². The lowest BCUT2D eigenvalue weighted by Crippen LogP contribution is -2.44. The lowest BCUT2D eigenvalue weighted by atomic mass is 9.92. The highest BCUT2D eigenvalue weighted by Gasteiger charge is 2.26. The number of rotatable bonds is 12. The van der Waals surface area contributed by atoms with Crippen molar-refractivity contribution in [2.45, 2.75) is 51.2 Å². The van der Waals surface area contributed by atoms with Crippen molar-refractivity contribution in [1.29, 1.82) is 0 Å². The van der Waals surface area contributed by atoms with Gasteiger partial charge in [0.1, 0.15) is 18.4 Å². The van der Waals surface area contributed by atoms with Gasteiger partial charge in [0.15, 0.2) is 0 Å². The number of carboxylic acids is 1. The van der Waals surface area contributed by atoms with Crippen LogP contribution in [0.4, 0.5) is 0 Å². The molecule has 0 radical (unpaired) electrons. The maximum atomic E-state index is 12.7. The van der Waals surface area contributed by atoms with Crippen molar-refractivity contribution in [3.63, 3.8) is 0 Å². The van der Waals surface area contributed by atoms with Crippen molar-refractivity contribution in [1.82, 2.24) is 10.2 Å². The maximum Gasteiger partial charge on any atom is 0.326 e. The maximum absolute atomic E-state index is 12.7. The molecule has 1 heterocycles. The molecular weight excluding hydrogens is 492 g/mol. The van der Waals surface area contributed by atoms with Gasteiger partial charge in [-0.25, -0.2) is 4.79 Å². The van der Waals surface area contributed by atoms with Gasteiger partial charge < -0.3 is 20.1 Å². The highest BCUT2D eigenvalue weighted by molar-refractivity contribution is 5.84. The predicted octanol–water partition coefficient (Wildman–Crippen LogP) is 4.64. The first kappa shape index (κ1) is 27.9. The lowest BCUT2D eigenvalue weighted by molar-refractivity contribution is -0.142. The Balaban J connectivity index is 1.18. The Kier molecular flexibility index (Phi) is 10.1. The Hall–Kier alpha value is -4.13. The van der Waals surface area contributed by atoms with Crippen molar-refractivity contribution >= 4 is 17.8 Å². The topological polar surface area (TPSA) is 95.9 Å². The molecule has 7 nitrogen and oxygen atoms in total. The Labute approximate surface area is 229 Å². The Morgan fingerprint density at radius 3 is 2.08 bits per heavy atom. The largest absolute Gasteiger partial charge is 0.489 e. The van der Waals surface area contributed by atoms with Gasteiger partial charge in [-0.15, -0.1) is 0 Å². The first-order valence-corrected chi connectivity index (χ1v) is 13.6. The van der Waals surface area contributed by atoms with E-state index in [-0.39, 0.29) is 30.6 Å². The smallest absolute Gasteiger partial charge is 0.326 e. The normalized spacial score (nSPS) is 14.4. The third kappa shape index (κ3) is 8.99. The van der Waals surface area contributed by atoms with Crippen molar-refractivity contribution in [3.05, 3.63) is 102 Å². The molecule has 204 valence electrons. The van der Waals surface area contributed by atoms with Gasteiger partial charge in [-0.05, 0) is 54.0 Å². The monoisotopic (exact) mass is 528 g/mol. The van der Waals surface area contributed by atoms with Crippen LogP contribution in [-0.2, 0) is 33.8 Å². The van der Waals surface area contributed by atoms with Crippen LogP contribution in [0, 0.1) is 5.92 Å². The highest BCUT2D eigenvalue weighted by Crippen LogP contribution is 2.22. The van der Waals surface area contributed by atoms with Crippen LogP contribution in [0.5, 0.6) is 5.75 Å². The molecule has 1 aliphatic rings. The minimum atomic E-state index is -1.06. The van der Waals surface area contributed by atoms with E-state index >= 15 is 0 Å². The molecule has 2 N–H and O–H groups in total. The summed E-state index contributed by atoms with van der Waals surface area (Å²) in [7, 11) is 0. The van der Waals surface area contributed by atoms with Gasteiger partial charge in [-0.3, -0.25) is 9.59 Å². The number of nitrogens with zero attached hydrogens (tertiary/aromatic N) is 1. The number of hydrogen-bond acceptors (Lipinski definition) is 4.